The van der Waals surface area contributed by atoms with Crippen LogP contribution in [0.5, 0.6) is 11.5 Å². The van der Waals surface area contributed by atoms with E-state index in [2.05, 4.69) is 19.8 Å². The van der Waals surface area contributed by atoms with Crippen molar-refractivity contribution in [3.05, 3.63) is 42.1 Å². The fourth-order valence-electron chi connectivity index (χ4n) is 9.24. The second-order valence-electron chi connectivity index (χ2n) is 18.6. The van der Waals surface area contributed by atoms with E-state index in [1.165, 1.54) is 33.1 Å². The minimum Gasteiger partial charge on any atom is -0.451 e. The zero-order valence-electron chi connectivity index (χ0n) is 34.3. The van der Waals surface area contributed by atoms with Crippen molar-refractivity contribution in [2.24, 2.45) is 10.8 Å². The van der Waals surface area contributed by atoms with Crippen molar-refractivity contribution in [1.82, 2.24) is 33.3 Å². The van der Waals surface area contributed by atoms with Crippen LogP contribution in [0.15, 0.2) is 30.7 Å². The highest BCUT2D eigenvalue weighted by Crippen LogP contribution is 2.46. The number of carbonyl (C=O) groups is 2. The molecule has 14 nitrogen and oxygen atoms in total. The number of aromatic nitrogens is 2. The van der Waals surface area contributed by atoms with Crippen molar-refractivity contribution in [3.63, 3.8) is 0 Å². The first-order chi connectivity index (χ1) is 26.7. The molecule has 0 saturated carbocycles. The van der Waals surface area contributed by atoms with E-state index in [4.69, 9.17) is 9.47 Å². The molecule has 57 heavy (non-hydrogen) atoms. The van der Waals surface area contributed by atoms with Gasteiger partial charge in [0.15, 0.2) is 11.6 Å². The molecule has 0 radical (unpaired) electrons. The van der Waals surface area contributed by atoms with Gasteiger partial charge >= 0.3 is 6.09 Å². The SMILES string of the molecule is CC(C)N(C(=O)c1cc(F)ccc1Oc1cncnc1N1CC2(CCN(CC3(F)CCN(S(=O)(=O)N4CC5(CN(C(=O)OC(C)(C)C)C5)C4)CC3)CC2)C1)C(C)C. The third kappa shape index (κ3) is 8.58. The first-order valence-electron chi connectivity index (χ1n) is 20.2. The summed E-state index contributed by atoms with van der Waals surface area (Å²) in [5, 5.41) is 0. The van der Waals surface area contributed by atoms with Gasteiger partial charge in [-0.25, -0.2) is 23.5 Å². The minimum atomic E-state index is -3.70. The summed E-state index contributed by atoms with van der Waals surface area (Å²) in [7, 11) is -3.70. The van der Waals surface area contributed by atoms with Gasteiger partial charge in [0.25, 0.3) is 16.1 Å². The topological polar surface area (TPSA) is 132 Å². The third-order valence-corrected chi connectivity index (χ3v) is 14.1. The Bertz CT molecular complexity index is 1920. The number of amides is 2. The molecule has 5 aliphatic rings. The summed E-state index contributed by atoms with van der Waals surface area (Å²) >= 11 is 0. The standard InChI is InChI=1S/C40H58F2N8O6S/c1-28(2)50(29(3)4)35(51)31-18-30(41)8-9-32(31)55-33-19-43-27-44-34(33)46-20-38(21-46)10-14-45(15-11-38)26-40(42)12-16-48(17-13-40)57(53,54)49-24-39(25-49)22-47(23-39)36(52)56-37(5,6)7/h8-9,18-19,27-29H,10-17,20-26H2,1-7H3. The first kappa shape index (κ1) is 41.5. The molecular weight excluding hydrogens is 759 g/mol. The number of carbonyl (C=O) groups excluding carboxylic acids is 2. The molecule has 0 N–H and O–H groups in total. The number of hydrogen-bond donors (Lipinski definition) is 0. The van der Waals surface area contributed by atoms with Crippen molar-refractivity contribution < 1.29 is 36.3 Å². The van der Waals surface area contributed by atoms with Crippen molar-refractivity contribution in [2.45, 2.75) is 97.5 Å². The lowest BCUT2D eigenvalue weighted by atomic mass is 9.71. The van der Waals surface area contributed by atoms with Gasteiger partial charge in [-0.05, 0) is 105 Å². The van der Waals surface area contributed by atoms with E-state index in [9.17, 15) is 22.4 Å². The summed E-state index contributed by atoms with van der Waals surface area (Å²) in [5.41, 5.74) is -2.10. The summed E-state index contributed by atoms with van der Waals surface area (Å²) in [6.07, 6.45) is 4.72. The summed E-state index contributed by atoms with van der Waals surface area (Å²) < 4.78 is 72.2. The van der Waals surface area contributed by atoms with E-state index >= 15 is 4.39 Å². The van der Waals surface area contributed by atoms with Gasteiger partial charge in [0, 0.05) is 81.8 Å². The van der Waals surface area contributed by atoms with Crippen LogP contribution in [0, 0.1) is 16.6 Å². The largest absolute Gasteiger partial charge is 0.451 e. The number of likely N-dealkylation sites (tertiary alicyclic amines) is 2. The van der Waals surface area contributed by atoms with Crippen LogP contribution in [0.3, 0.4) is 0 Å². The lowest BCUT2D eigenvalue weighted by Gasteiger charge is -2.59. The molecule has 1 aromatic carbocycles. The quantitative estimate of drug-likeness (QED) is 0.317. The smallest absolute Gasteiger partial charge is 0.410 e. The number of alkyl halides is 1. The summed E-state index contributed by atoms with van der Waals surface area (Å²) in [4.78, 5) is 42.3. The molecular formula is C40H58F2N8O6S. The van der Waals surface area contributed by atoms with Gasteiger partial charge in [-0.1, -0.05) is 0 Å². The molecule has 5 fully saturated rings. The molecule has 2 amide bonds. The van der Waals surface area contributed by atoms with E-state index < -0.39 is 27.3 Å². The van der Waals surface area contributed by atoms with Crippen LogP contribution in [0.2, 0.25) is 0 Å². The van der Waals surface area contributed by atoms with Crippen LogP contribution < -0.4 is 9.64 Å². The zero-order chi connectivity index (χ0) is 41.1. The van der Waals surface area contributed by atoms with E-state index in [0.29, 0.717) is 37.7 Å². The van der Waals surface area contributed by atoms with Gasteiger partial charge in [0.2, 0.25) is 0 Å². The Balaban J connectivity index is 0.880. The first-order valence-corrected chi connectivity index (χ1v) is 21.6. The van der Waals surface area contributed by atoms with Crippen LogP contribution in [-0.4, -0.2) is 149 Å². The van der Waals surface area contributed by atoms with E-state index in [0.717, 1.165) is 39.0 Å². The van der Waals surface area contributed by atoms with Crippen LogP contribution in [0.25, 0.3) is 0 Å². The Morgan fingerprint density at radius 1 is 0.877 bits per heavy atom. The van der Waals surface area contributed by atoms with Gasteiger partial charge in [-0.3, -0.25) is 4.79 Å². The summed E-state index contributed by atoms with van der Waals surface area (Å²) in [6, 6.07) is 3.74. The summed E-state index contributed by atoms with van der Waals surface area (Å²) in [6.45, 7) is 18.3. The van der Waals surface area contributed by atoms with Crippen LogP contribution in [-0.2, 0) is 14.9 Å². The van der Waals surface area contributed by atoms with E-state index in [1.54, 1.807) is 16.0 Å². The Hall–Kier alpha value is -3.67. The monoisotopic (exact) mass is 816 g/mol. The van der Waals surface area contributed by atoms with Gasteiger partial charge in [0.05, 0.1) is 11.8 Å². The predicted octanol–water partition coefficient (Wildman–Crippen LogP) is 5.17. The molecule has 5 aliphatic heterocycles. The number of hydrogen-bond acceptors (Lipinski definition) is 10. The van der Waals surface area contributed by atoms with E-state index in [-0.39, 0.29) is 78.7 Å². The van der Waals surface area contributed by atoms with Crippen LogP contribution >= 0.6 is 0 Å². The van der Waals surface area contributed by atoms with Gasteiger partial charge in [0.1, 0.15) is 29.2 Å². The minimum absolute atomic E-state index is 0.0463. The maximum absolute atomic E-state index is 16.3. The Morgan fingerprint density at radius 2 is 1.51 bits per heavy atom. The normalized spacial score (nSPS) is 22.3. The average molecular weight is 817 g/mol. The number of rotatable bonds is 10. The molecule has 17 heteroatoms. The number of halogens is 2. The van der Waals surface area contributed by atoms with Crippen molar-refractivity contribution in [3.8, 4) is 11.5 Å². The molecule has 2 aromatic rings. The van der Waals surface area contributed by atoms with Gasteiger partial charge in [-0.15, -0.1) is 0 Å². The Labute approximate surface area is 335 Å². The fraction of sp³-hybridized carbons (Fsp3) is 0.700. The number of nitrogens with zero attached hydrogens (tertiary/aromatic N) is 8. The van der Waals surface area contributed by atoms with Crippen molar-refractivity contribution in [1.29, 1.82) is 0 Å². The molecule has 0 aliphatic carbocycles. The lowest BCUT2D eigenvalue weighted by Crippen LogP contribution is -2.74. The van der Waals surface area contributed by atoms with Crippen molar-refractivity contribution >= 4 is 28.0 Å². The van der Waals surface area contributed by atoms with Crippen LogP contribution in [0.4, 0.5) is 19.4 Å². The highest BCUT2D eigenvalue weighted by Gasteiger charge is 2.58. The molecule has 6 heterocycles. The Kier molecular flexibility index (Phi) is 11.0. The highest BCUT2D eigenvalue weighted by atomic mass is 32.2. The number of ether oxygens (including phenoxy) is 2. The predicted molar refractivity (Wildman–Crippen MR) is 211 cm³/mol. The molecule has 1 aromatic heterocycles. The number of piperidine rings is 2. The third-order valence-electron chi connectivity index (χ3n) is 12.2. The molecule has 0 unspecified atom stereocenters. The fourth-order valence-corrected chi connectivity index (χ4v) is 11.1. The zero-order valence-corrected chi connectivity index (χ0v) is 35.2. The average Bonchev–Trinajstić information content (AvgIpc) is 3.06. The van der Waals surface area contributed by atoms with Crippen LogP contribution in [0.1, 0.15) is 84.5 Å². The molecule has 0 atom stereocenters. The molecule has 314 valence electrons. The molecule has 0 bridgehead atoms. The van der Waals surface area contributed by atoms with E-state index in [1.807, 2.05) is 48.5 Å². The van der Waals surface area contributed by atoms with Gasteiger partial charge < -0.3 is 29.1 Å². The van der Waals surface area contributed by atoms with Gasteiger partial charge in [-0.2, -0.15) is 17.0 Å². The lowest BCUT2D eigenvalue weighted by molar-refractivity contribution is -0.0858. The molecule has 5 saturated heterocycles. The number of benzene rings is 1. The maximum atomic E-state index is 16.3. The maximum Gasteiger partial charge on any atom is 0.410 e. The second kappa shape index (κ2) is 15.2. The second-order valence-corrected chi connectivity index (χ2v) is 20.6. The molecule has 7 rings (SSSR count). The molecule has 2 spiro atoms. The Morgan fingerprint density at radius 3 is 2.11 bits per heavy atom. The number of anilines is 1. The summed E-state index contributed by atoms with van der Waals surface area (Å²) in [5.74, 6) is 0.347. The van der Waals surface area contributed by atoms with Crippen molar-refractivity contribution in [2.75, 3.05) is 76.9 Å². The highest BCUT2D eigenvalue weighted by molar-refractivity contribution is 7.86.